The lowest BCUT2D eigenvalue weighted by Crippen LogP contribution is -2.48. The molecule has 5 heteroatoms. The summed E-state index contributed by atoms with van der Waals surface area (Å²) in [5, 5.41) is 6.57. The highest BCUT2D eigenvalue weighted by atomic mass is 28.3. The minimum atomic E-state index is -1.71. The van der Waals surface area contributed by atoms with E-state index in [-0.39, 0.29) is 11.9 Å². The third-order valence-electron chi connectivity index (χ3n) is 6.10. The van der Waals surface area contributed by atoms with E-state index in [2.05, 4.69) is 69.6 Å². The Kier molecular flexibility index (Phi) is 10.8. The second-order valence-corrected chi connectivity index (χ2v) is 14.8. The minimum absolute atomic E-state index is 0.0465. The van der Waals surface area contributed by atoms with Gasteiger partial charge in [-0.2, -0.15) is 0 Å². The molecule has 1 aliphatic rings. The lowest BCUT2D eigenvalue weighted by Gasteiger charge is -2.38. The summed E-state index contributed by atoms with van der Waals surface area (Å²) < 4.78 is 0. The topological polar surface area (TPSA) is 44.4 Å². The third-order valence-corrected chi connectivity index (χ3v) is 12.4. The van der Waals surface area contributed by atoms with E-state index in [1.165, 1.54) is 0 Å². The van der Waals surface area contributed by atoms with Crippen molar-refractivity contribution >= 4 is 14.0 Å². The van der Waals surface area contributed by atoms with Crippen molar-refractivity contribution in [1.82, 2.24) is 15.5 Å². The highest BCUT2D eigenvalue weighted by Gasteiger charge is 2.41. The molecule has 1 aliphatic heterocycles. The van der Waals surface area contributed by atoms with E-state index in [4.69, 9.17) is 6.42 Å². The molecule has 0 aromatic carbocycles. The fourth-order valence-corrected chi connectivity index (χ4v) is 9.95. The summed E-state index contributed by atoms with van der Waals surface area (Å²) in [6.07, 6.45) is 9.66. The number of hydrogen-bond donors (Lipinski definition) is 2. The van der Waals surface area contributed by atoms with Crippen LogP contribution in [0.5, 0.6) is 0 Å². The molecule has 0 radical (unpaired) electrons. The molecule has 1 amide bonds. The van der Waals surface area contributed by atoms with Gasteiger partial charge in [-0.1, -0.05) is 53.5 Å². The van der Waals surface area contributed by atoms with Gasteiger partial charge in [-0.3, -0.25) is 9.69 Å². The van der Waals surface area contributed by atoms with E-state index in [9.17, 15) is 4.79 Å². The number of amides is 1. The molecule has 0 saturated carbocycles. The Morgan fingerprint density at radius 1 is 1.21 bits per heavy atom. The van der Waals surface area contributed by atoms with Crippen LogP contribution < -0.4 is 10.6 Å². The Morgan fingerprint density at radius 3 is 2.38 bits per heavy atom. The molecular weight excluding hydrogens is 374 g/mol. The first-order valence-corrected chi connectivity index (χ1v) is 13.2. The molecule has 1 saturated heterocycles. The normalized spacial score (nSPS) is 20.2. The molecule has 1 fully saturated rings. The highest BCUT2D eigenvalue weighted by Crippen LogP contribution is 2.40. The molecule has 1 heterocycles. The largest absolute Gasteiger partial charge is 0.349 e. The molecule has 29 heavy (non-hydrogen) atoms. The number of piperidine rings is 1. The number of carbonyl (C=O) groups excluding carboxylic acids is 1. The number of likely N-dealkylation sites (N-methyl/N-ethyl adjacent to an activating group) is 1. The molecular formula is C24H41N3OSi. The van der Waals surface area contributed by atoms with E-state index < -0.39 is 8.07 Å². The first-order valence-electron chi connectivity index (χ1n) is 11.0. The van der Waals surface area contributed by atoms with Gasteiger partial charge >= 0.3 is 0 Å². The molecule has 0 aromatic rings. The maximum Gasteiger partial charge on any atom is 0.243 e. The smallest absolute Gasteiger partial charge is 0.243 e. The van der Waals surface area contributed by atoms with Crippen LogP contribution in [0.15, 0.2) is 12.2 Å². The summed E-state index contributed by atoms with van der Waals surface area (Å²) in [4.78, 5) is 14.2. The summed E-state index contributed by atoms with van der Waals surface area (Å²) in [6.45, 7) is 17.0. The first kappa shape index (κ1) is 25.5. The lowest BCUT2D eigenvalue weighted by molar-refractivity contribution is -0.117. The van der Waals surface area contributed by atoms with E-state index in [1.807, 2.05) is 18.0 Å². The van der Waals surface area contributed by atoms with Crippen LogP contribution in [0.3, 0.4) is 0 Å². The maximum absolute atomic E-state index is 12.2. The number of hydrogen-bond acceptors (Lipinski definition) is 3. The average molecular weight is 416 g/mol. The number of terminal acetylenes is 1. The van der Waals surface area contributed by atoms with Crippen molar-refractivity contribution in [2.45, 2.75) is 70.6 Å². The Bertz CT molecular complexity index is 629. The molecule has 0 bridgehead atoms. The van der Waals surface area contributed by atoms with Crippen molar-refractivity contribution in [3.63, 3.8) is 0 Å². The van der Waals surface area contributed by atoms with Gasteiger partial charge in [0.2, 0.25) is 5.91 Å². The predicted molar refractivity (Wildman–Crippen MR) is 127 cm³/mol. The second-order valence-electron chi connectivity index (χ2n) is 9.27. The molecule has 1 rings (SSSR count). The summed E-state index contributed by atoms with van der Waals surface area (Å²) in [6, 6.07) is 0.122. The summed E-state index contributed by atoms with van der Waals surface area (Å²) in [5.74, 6) is 6.48. The van der Waals surface area contributed by atoms with Crippen LogP contribution in [-0.2, 0) is 4.79 Å². The zero-order valence-electron chi connectivity index (χ0n) is 19.5. The Morgan fingerprint density at radius 2 is 1.83 bits per heavy atom. The van der Waals surface area contributed by atoms with Crippen LogP contribution in [-0.4, -0.2) is 58.1 Å². The average Bonchev–Trinajstić information content (AvgIpc) is 2.61. The van der Waals surface area contributed by atoms with Crippen LogP contribution in [0, 0.1) is 29.7 Å². The Labute approximate surface area is 180 Å². The highest BCUT2D eigenvalue weighted by molar-refractivity contribution is 6.90. The lowest BCUT2D eigenvalue weighted by atomic mass is 9.96. The van der Waals surface area contributed by atoms with Crippen molar-refractivity contribution in [3.8, 4) is 23.8 Å². The standard InChI is InChI=1S/C24H41N3OSi/c1-9-13-27(8)14-10-11-24(28)26-23-16-22(17-25-18-23)12-15-29(19(2)3,20(4)5)21(6)7/h1,10-11,19-23,25H,13-14,16-18H2,2-8H3,(H,26,28)/b11-10+/t22-,23+/m1/s1. The van der Waals surface area contributed by atoms with Crippen molar-refractivity contribution < 1.29 is 4.79 Å². The van der Waals surface area contributed by atoms with Gasteiger partial charge in [0.15, 0.2) is 0 Å². The van der Waals surface area contributed by atoms with Crippen molar-refractivity contribution in [3.05, 3.63) is 12.2 Å². The third kappa shape index (κ3) is 7.66. The van der Waals surface area contributed by atoms with Gasteiger partial charge in [-0.05, 0) is 30.1 Å². The number of nitrogens with zero attached hydrogens (tertiary/aromatic N) is 1. The van der Waals surface area contributed by atoms with Crippen molar-refractivity contribution in [2.75, 3.05) is 33.2 Å². The van der Waals surface area contributed by atoms with Crippen LogP contribution in [0.4, 0.5) is 0 Å². The zero-order chi connectivity index (χ0) is 22.0. The fraction of sp³-hybridized carbons (Fsp3) is 0.708. The monoisotopic (exact) mass is 415 g/mol. The molecule has 0 aromatic heterocycles. The minimum Gasteiger partial charge on any atom is -0.349 e. The Hall–Kier alpha value is -1.53. The van der Waals surface area contributed by atoms with Crippen LogP contribution in [0.25, 0.3) is 0 Å². The molecule has 2 atom stereocenters. The van der Waals surface area contributed by atoms with E-state index in [0.717, 1.165) is 19.5 Å². The van der Waals surface area contributed by atoms with Gasteiger partial charge in [0.25, 0.3) is 0 Å². The predicted octanol–water partition coefficient (Wildman–Crippen LogP) is 3.42. The van der Waals surface area contributed by atoms with Gasteiger partial charge in [0.1, 0.15) is 8.07 Å². The number of nitrogens with one attached hydrogen (secondary N) is 2. The molecule has 0 aliphatic carbocycles. The summed E-state index contributed by atoms with van der Waals surface area (Å²) in [7, 11) is 0.229. The Balaban J connectivity index is 2.71. The second kappa shape index (κ2) is 12.2. The molecule has 162 valence electrons. The molecule has 0 spiro atoms. The van der Waals surface area contributed by atoms with Gasteiger partial charge in [0, 0.05) is 37.7 Å². The van der Waals surface area contributed by atoms with E-state index >= 15 is 0 Å². The van der Waals surface area contributed by atoms with Gasteiger partial charge < -0.3 is 10.6 Å². The zero-order valence-corrected chi connectivity index (χ0v) is 20.5. The quantitative estimate of drug-likeness (QED) is 0.363. The molecule has 4 nitrogen and oxygen atoms in total. The van der Waals surface area contributed by atoms with Crippen molar-refractivity contribution in [2.24, 2.45) is 5.92 Å². The molecule has 2 N–H and O–H groups in total. The van der Waals surface area contributed by atoms with Gasteiger partial charge in [0.05, 0.1) is 6.54 Å². The summed E-state index contributed by atoms with van der Waals surface area (Å²) in [5.41, 5.74) is 5.75. The first-order chi connectivity index (χ1) is 13.6. The van der Waals surface area contributed by atoms with E-state index in [1.54, 1.807) is 6.08 Å². The maximum atomic E-state index is 12.2. The van der Waals surface area contributed by atoms with Crippen LogP contribution in [0.2, 0.25) is 16.6 Å². The van der Waals surface area contributed by atoms with E-state index in [0.29, 0.717) is 35.6 Å². The molecule has 0 unspecified atom stereocenters. The van der Waals surface area contributed by atoms with Crippen LogP contribution in [0.1, 0.15) is 48.0 Å². The summed E-state index contributed by atoms with van der Waals surface area (Å²) >= 11 is 0. The van der Waals surface area contributed by atoms with Gasteiger partial charge in [-0.15, -0.1) is 17.9 Å². The van der Waals surface area contributed by atoms with Gasteiger partial charge in [-0.25, -0.2) is 0 Å². The number of rotatable bonds is 8. The number of carbonyl (C=O) groups is 1. The van der Waals surface area contributed by atoms with Crippen molar-refractivity contribution in [1.29, 1.82) is 0 Å². The fourth-order valence-electron chi connectivity index (χ4n) is 4.63. The SMILES string of the molecule is C#CCN(C)C/C=C/C(=O)N[C@@H]1CNC[C@H](C#C[Si](C(C)C)(C(C)C)C(C)C)C1. The van der Waals surface area contributed by atoms with Crippen LogP contribution >= 0.6 is 0 Å².